The van der Waals surface area contributed by atoms with Crippen LogP contribution in [0.5, 0.6) is 5.75 Å². The standard InChI is InChI=1S/C22H20BrN3O3/c1-2-20-24-19-10-8-16(23)12-18(19)22(28)26(20)25-21(27)13-29-17-9-7-14-5-3-4-6-15(14)11-17/h3-12,20,24H,2,13H2,1H3,(H,25,27). The maximum Gasteiger partial charge on any atom is 0.276 e. The number of rotatable bonds is 5. The van der Waals surface area contributed by atoms with Crippen molar-refractivity contribution in [3.05, 3.63) is 70.7 Å². The second kappa shape index (κ2) is 8.13. The van der Waals surface area contributed by atoms with Crippen LogP contribution in [0.3, 0.4) is 0 Å². The van der Waals surface area contributed by atoms with Crippen LogP contribution in [-0.4, -0.2) is 29.6 Å². The molecule has 1 heterocycles. The molecule has 1 aliphatic heterocycles. The van der Waals surface area contributed by atoms with Gasteiger partial charge < -0.3 is 10.1 Å². The van der Waals surface area contributed by atoms with Gasteiger partial charge in [-0.25, -0.2) is 5.01 Å². The molecule has 2 N–H and O–H groups in total. The first-order valence-corrected chi connectivity index (χ1v) is 10.1. The van der Waals surface area contributed by atoms with Gasteiger partial charge in [-0.3, -0.25) is 15.0 Å². The molecule has 7 heteroatoms. The van der Waals surface area contributed by atoms with E-state index in [9.17, 15) is 9.59 Å². The Balaban J connectivity index is 1.44. The summed E-state index contributed by atoms with van der Waals surface area (Å²) in [6, 6.07) is 19.0. The molecule has 1 unspecified atom stereocenters. The number of hydrazine groups is 1. The van der Waals surface area contributed by atoms with Crippen molar-refractivity contribution in [3.63, 3.8) is 0 Å². The van der Waals surface area contributed by atoms with Gasteiger partial charge >= 0.3 is 0 Å². The molecule has 0 radical (unpaired) electrons. The van der Waals surface area contributed by atoms with Crippen LogP contribution in [0.1, 0.15) is 23.7 Å². The second-order valence-electron chi connectivity index (χ2n) is 6.77. The molecule has 0 fully saturated rings. The van der Waals surface area contributed by atoms with Gasteiger partial charge in [0.05, 0.1) is 5.56 Å². The van der Waals surface area contributed by atoms with E-state index >= 15 is 0 Å². The smallest absolute Gasteiger partial charge is 0.276 e. The van der Waals surface area contributed by atoms with Crippen molar-refractivity contribution >= 4 is 44.2 Å². The van der Waals surface area contributed by atoms with Crippen LogP contribution in [0.2, 0.25) is 0 Å². The molecule has 6 nitrogen and oxygen atoms in total. The monoisotopic (exact) mass is 453 g/mol. The van der Waals surface area contributed by atoms with Crippen LogP contribution in [0.4, 0.5) is 5.69 Å². The van der Waals surface area contributed by atoms with E-state index in [0.29, 0.717) is 17.7 Å². The highest BCUT2D eigenvalue weighted by molar-refractivity contribution is 9.10. The molecular weight excluding hydrogens is 434 g/mol. The van der Waals surface area contributed by atoms with Gasteiger partial charge in [0.1, 0.15) is 11.9 Å². The van der Waals surface area contributed by atoms with Crippen LogP contribution < -0.4 is 15.5 Å². The Kier molecular flexibility index (Phi) is 5.40. The lowest BCUT2D eigenvalue weighted by Gasteiger charge is -2.37. The van der Waals surface area contributed by atoms with Crippen molar-refractivity contribution in [2.24, 2.45) is 0 Å². The zero-order chi connectivity index (χ0) is 20.4. The molecule has 0 aliphatic carbocycles. The van der Waals surface area contributed by atoms with Gasteiger partial charge in [-0.05, 0) is 47.5 Å². The lowest BCUT2D eigenvalue weighted by atomic mass is 10.1. The molecule has 1 aliphatic rings. The molecular formula is C22H20BrN3O3. The highest BCUT2D eigenvalue weighted by Crippen LogP contribution is 2.28. The first kappa shape index (κ1) is 19.3. The fourth-order valence-electron chi connectivity index (χ4n) is 3.32. The van der Waals surface area contributed by atoms with E-state index in [2.05, 4.69) is 26.7 Å². The lowest BCUT2D eigenvalue weighted by molar-refractivity contribution is -0.127. The largest absolute Gasteiger partial charge is 0.484 e. The van der Waals surface area contributed by atoms with Crippen LogP contribution in [-0.2, 0) is 4.79 Å². The maximum absolute atomic E-state index is 12.9. The normalized spacial score (nSPS) is 15.6. The quantitative estimate of drug-likeness (QED) is 0.603. The molecule has 2 amide bonds. The van der Waals surface area contributed by atoms with Crippen LogP contribution in [0, 0.1) is 0 Å². The summed E-state index contributed by atoms with van der Waals surface area (Å²) < 4.78 is 6.43. The summed E-state index contributed by atoms with van der Waals surface area (Å²) in [7, 11) is 0. The SMILES string of the molecule is CCC1Nc2ccc(Br)cc2C(=O)N1NC(=O)COc1ccc2ccccc2c1. The molecule has 0 spiro atoms. The first-order valence-electron chi connectivity index (χ1n) is 9.36. The topological polar surface area (TPSA) is 70.7 Å². The highest BCUT2D eigenvalue weighted by atomic mass is 79.9. The number of benzene rings is 3. The second-order valence-corrected chi connectivity index (χ2v) is 7.68. The van der Waals surface area contributed by atoms with Gasteiger partial charge in [0.25, 0.3) is 11.8 Å². The summed E-state index contributed by atoms with van der Waals surface area (Å²) in [5.74, 6) is -0.0561. The van der Waals surface area contributed by atoms with E-state index in [4.69, 9.17) is 4.74 Å². The molecule has 0 saturated heterocycles. The Morgan fingerprint density at radius 3 is 2.72 bits per heavy atom. The summed E-state index contributed by atoms with van der Waals surface area (Å²) in [6.07, 6.45) is 0.299. The Hall–Kier alpha value is -3.06. The van der Waals surface area contributed by atoms with Gasteiger partial charge in [0.2, 0.25) is 0 Å². The molecule has 0 aromatic heterocycles. The van der Waals surface area contributed by atoms with Crippen LogP contribution in [0.25, 0.3) is 10.8 Å². The zero-order valence-corrected chi connectivity index (χ0v) is 17.4. The molecule has 0 saturated carbocycles. The van der Waals surface area contributed by atoms with Crippen LogP contribution in [0.15, 0.2) is 65.1 Å². The molecule has 4 rings (SSSR count). The van der Waals surface area contributed by atoms with Crippen molar-refractivity contribution in [1.82, 2.24) is 10.4 Å². The van der Waals surface area contributed by atoms with Crippen molar-refractivity contribution in [2.45, 2.75) is 19.5 Å². The van der Waals surface area contributed by atoms with E-state index in [1.54, 1.807) is 6.07 Å². The van der Waals surface area contributed by atoms with Gasteiger partial charge in [0.15, 0.2) is 6.61 Å². The molecule has 148 valence electrons. The number of hydrogen-bond donors (Lipinski definition) is 2. The summed E-state index contributed by atoms with van der Waals surface area (Å²) in [6.45, 7) is 1.75. The Bertz CT molecular complexity index is 1090. The predicted octanol–water partition coefficient (Wildman–Crippen LogP) is 4.32. The summed E-state index contributed by atoms with van der Waals surface area (Å²) >= 11 is 3.38. The molecule has 1 atom stereocenters. The Morgan fingerprint density at radius 2 is 1.93 bits per heavy atom. The fraction of sp³-hybridized carbons (Fsp3) is 0.182. The number of ether oxygens (including phenoxy) is 1. The zero-order valence-electron chi connectivity index (χ0n) is 15.8. The highest BCUT2D eigenvalue weighted by Gasteiger charge is 2.32. The van der Waals surface area contributed by atoms with Gasteiger partial charge in [-0.1, -0.05) is 53.2 Å². The van der Waals surface area contributed by atoms with Crippen LogP contribution >= 0.6 is 15.9 Å². The number of carbonyl (C=O) groups excluding carboxylic acids is 2. The lowest BCUT2D eigenvalue weighted by Crippen LogP contribution is -2.57. The average molecular weight is 454 g/mol. The van der Waals surface area contributed by atoms with E-state index < -0.39 is 5.91 Å². The number of hydrogen-bond acceptors (Lipinski definition) is 4. The minimum Gasteiger partial charge on any atom is -0.484 e. The number of fused-ring (bicyclic) bond motifs is 2. The molecule has 3 aromatic rings. The third-order valence-electron chi connectivity index (χ3n) is 4.79. The Morgan fingerprint density at radius 1 is 1.14 bits per heavy atom. The Labute approximate surface area is 176 Å². The third kappa shape index (κ3) is 4.05. The summed E-state index contributed by atoms with van der Waals surface area (Å²) in [5, 5.41) is 6.75. The number of amides is 2. The van der Waals surface area contributed by atoms with Crippen molar-refractivity contribution in [2.75, 3.05) is 11.9 Å². The number of nitrogens with one attached hydrogen (secondary N) is 2. The maximum atomic E-state index is 12.9. The van der Waals surface area contributed by atoms with E-state index in [1.165, 1.54) is 5.01 Å². The minimum atomic E-state index is -0.398. The molecule has 29 heavy (non-hydrogen) atoms. The number of carbonyl (C=O) groups is 2. The predicted molar refractivity (Wildman–Crippen MR) is 116 cm³/mol. The van der Waals surface area contributed by atoms with E-state index in [0.717, 1.165) is 20.9 Å². The molecule has 0 bridgehead atoms. The van der Waals surface area contributed by atoms with Gasteiger partial charge in [-0.15, -0.1) is 0 Å². The van der Waals surface area contributed by atoms with Crippen molar-refractivity contribution in [3.8, 4) is 5.75 Å². The fourth-order valence-corrected chi connectivity index (χ4v) is 3.68. The number of anilines is 1. The average Bonchev–Trinajstić information content (AvgIpc) is 2.74. The number of halogens is 1. The van der Waals surface area contributed by atoms with Gasteiger partial charge in [0, 0.05) is 10.2 Å². The molecule has 3 aromatic carbocycles. The summed E-state index contributed by atoms with van der Waals surface area (Å²) in [4.78, 5) is 25.4. The first-order chi connectivity index (χ1) is 14.0. The summed E-state index contributed by atoms with van der Waals surface area (Å²) in [5.41, 5.74) is 3.93. The van der Waals surface area contributed by atoms with E-state index in [-0.39, 0.29) is 18.7 Å². The third-order valence-corrected chi connectivity index (χ3v) is 5.28. The van der Waals surface area contributed by atoms with Crippen molar-refractivity contribution in [1.29, 1.82) is 0 Å². The van der Waals surface area contributed by atoms with Crippen molar-refractivity contribution < 1.29 is 14.3 Å². The van der Waals surface area contributed by atoms with Gasteiger partial charge in [-0.2, -0.15) is 0 Å². The minimum absolute atomic E-state index is 0.191. The number of nitrogens with zero attached hydrogens (tertiary/aromatic N) is 1. The van der Waals surface area contributed by atoms with E-state index in [1.807, 2.05) is 61.5 Å².